The zero-order chi connectivity index (χ0) is 12.1. The molecular weight excluding hydrogens is 212 g/mol. The monoisotopic (exact) mass is 240 g/mol. The fourth-order valence-electron chi connectivity index (χ4n) is 3.01. The molecule has 0 amide bonds. The molecule has 2 unspecified atom stereocenters. The molecule has 3 nitrogen and oxygen atoms in total. The molecule has 2 atom stereocenters. The first-order chi connectivity index (χ1) is 8.25. The quantitative estimate of drug-likeness (QED) is 0.812. The number of hydrogen-bond donors (Lipinski definition) is 1. The summed E-state index contributed by atoms with van der Waals surface area (Å²) >= 11 is 0. The molecule has 2 aliphatic heterocycles. The Bertz CT molecular complexity index is 216. The van der Waals surface area contributed by atoms with Gasteiger partial charge in [-0.25, -0.2) is 0 Å². The lowest BCUT2D eigenvalue weighted by Gasteiger charge is -2.37. The largest absolute Gasteiger partial charge is 0.381 e. The zero-order valence-corrected chi connectivity index (χ0v) is 11.5. The van der Waals surface area contributed by atoms with E-state index in [0.717, 1.165) is 31.7 Å². The van der Waals surface area contributed by atoms with Crippen molar-refractivity contribution >= 4 is 0 Å². The van der Waals surface area contributed by atoms with Crippen LogP contribution in [0.3, 0.4) is 0 Å². The third kappa shape index (κ3) is 4.23. The van der Waals surface area contributed by atoms with E-state index >= 15 is 0 Å². The molecule has 2 saturated heterocycles. The summed E-state index contributed by atoms with van der Waals surface area (Å²) in [6.45, 7) is 10.3. The van der Waals surface area contributed by atoms with Gasteiger partial charge in [-0.05, 0) is 38.5 Å². The van der Waals surface area contributed by atoms with Gasteiger partial charge in [0.15, 0.2) is 0 Å². The molecule has 1 N–H and O–H groups in total. The summed E-state index contributed by atoms with van der Waals surface area (Å²) in [6.07, 6.45) is 5.15. The average molecular weight is 240 g/mol. The van der Waals surface area contributed by atoms with Gasteiger partial charge in [-0.15, -0.1) is 0 Å². The van der Waals surface area contributed by atoms with E-state index in [1.165, 1.54) is 38.8 Å². The molecule has 0 aromatic heterocycles. The first-order valence-electron chi connectivity index (χ1n) is 7.31. The molecule has 0 bridgehead atoms. The Kier molecular flexibility index (Phi) is 5.26. The molecule has 0 saturated carbocycles. The molecule has 0 aromatic carbocycles. The van der Waals surface area contributed by atoms with E-state index in [2.05, 4.69) is 24.1 Å². The lowest BCUT2D eigenvalue weighted by atomic mass is 9.95. The molecule has 2 fully saturated rings. The van der Waals surface area contributed by atoms with Crippen LogP contribution in [-0.2, 0) is 4.74 Å². The van der Waals surface area contributed by atoms with Crippen LogP contribution in [0, 0.1) is 5.92 Å². The van der Waals surface area contributed by atoms with Gasteiger partial charge in [0.05, 0.1) is 0 Å². The number of ether oxygens (including phenoxy) is 1. The number of nitrogens with zero attached hydrogens (tertiary/aromatic N) is 1. The third-order valence-corrected chi connectivity index (χ3v) is 4.30. The Morgan fingerprint density at radius 3 is 2.65 bits per heavy atom. The Morgan fingerprint density at radius 2 is 1.88 bits per heavy atom. The Labute approximate surface area is 106 Å². The number of rotatable bonds is 4. The van der Waals surface area contributed by atoms with Crippen LogP contribution in [0.5, 0.6) is 0 Å². The van der Waals surface area contributed by atoms with Crippen LogP contribution in [0.1, 0.15) is 39.5 Å². The van der Waals surface area contributed by atoms with E-state index in [1.807, 2.05) is 0 Å². The highest BCUT2D eigenvalue weighted by molar-refractivity contribution is 4.78. The normalized spacial score (nSPS) is 32.8. The van der Waals surface area contributed by atoms with E-state index in [4.69, 9.17) is 4.74 Å². The Balaban J connectivity index is 1.63. The lowest BCUT2D eigenvalue weighted by Crippen LogP contribution is -2.46. The van der Waals surface area contributed by atoms with Gasteiger partial charge in [-0.1, -0.05) is 6.92 Å². The van der Waals surface area contributed by atoms with E-state index in [-0.39, 0.29) is 0 Å². The summed E-state index contributed by atoms with van der Waals surface area (Å²) in [5, 5.41) is 3.68. The van der Waals surface area contributed by atoms with Crippen LogP contribution in [0.4, 0.5) is 0 Å². The lowest BCUT2D eigenvalue weighted by molar-refractivity contribution is 0.0746. The van der Waals surface area contributed by atoms with Crippen molar-refractivity contribution < 1.29 is 4.74 Å². The minimum absolute atomic E-state index is 0.696. The topological polar surface area (TPSA) is 24.5 Å². The smallest absolute Gasteiger partial charge is 0.0480 e. The highest BCUT2D eigenvalue weighted by atomic mass is 16.5. The number of piperidine rings is 1. The van der Waals surface area contributed by atoms with E-state index in [0.29, 0.717) is 6.04 Å². The number of likely N-dealkylation sites (tertiary alicyclic amines) is 1. The minimum Gasteiger partial charge on any atom is -0.381 e. The van der Waals surface area contributed by atoms with Crippen molar-refractivity contribution in [3.63, 3.8) is 0 Å². The summed E-state index contributed by atoms with van der Waals surface area (Å²) in [5.41, 5.74) is 0. The van der Waals surface area contributed by atoms with E-state index in [9.17, 15) is 0 Å². The van der Waals surface area contributed by atoms with Gasteiger partial charge in [-0.2, -0.15) is 0 Å². The number of nitrogens with one attached hydrogen (secondary N) is 1. The maximum Gasteiger partial charge on any atom is 0.0480 e. The Morgan fingerprint density at radius 1 is 1.12 bits per heavy atom. The SMILES string of the molecule is CC1CCC(C)N(CCNC2CCOCC2)C1. The van der Waals surface area contributed by atoms with Crippen LogP contribution in [0.15, 0.2) is 0 Å². The predicted molar refractivity (Wildman–Crippen MR) is 71.3 cm³/mol. The molecular formula is C14H28N2O. The van der Waals surface area contributed by atoms with Gasteiger partial charge >= 0.3 is 0 Å². The van der Waals surface area contributed by atoms with Crippen LogP contribution in [0.25, 0.3) is 0 Å². The van der Waals surface area contributed by atoms with Crippen LogP contribution in [0.2, 0.25) is 0 Å². The zero-order valence-electron chi connectivity index (χ0n) is 11.5. The summed E-state index contributed by atoms with van der Waals surface area (Å²) in [5.74, 6) is 0.884. The summed E-state index contributed by atoms with van der Waals surface area (Å²) in [7, 11) is 0. The first kappa shape index (κ1) is 13.3. The maximum atomic E-state index is 5.38. The highest BCUT2D eigenvalue weighted by Crippen LogP contribution is 2.20. The molecule has 2 heterocycles. The van der Waals surface area contributed by atoms with Crippen molar-refractivity contribution in [2.75, 3.05) is 32.8 Å². The Hall–Kier alpha value is -0.120. The van der Waals surface area contributed by atoms with Gasteiger partial charge in [0.25, 0.3) is 0 Å². The van der Waals surface area contributed by atoms with Crippen molar-refractivity contribution in [3.8, 4) is 0 Å². The average Bonchev–Trinajstić information content (AvgIpc) is 2.35. The molecule has 0 radical (unpaired) electrons. The fraction of sp³-hybridized carbons (Fsp3) is 1.00. The fourth-order valence-corrected chi connectivity index (χ4v) is 3.01. The molecule has 2 rings (SSSR count). The predicted octanol–water partition coefficient (Wildman–Crippen LogP) is 1.88. The summed E-state index contributed by atoms with van der Waals surface area (Å²) in [4.78, 5) is 2.65. The number of hydrogen-bond acceptors (Lipinski definition) is 3. The van der Waals surface area contributed by atoms with Gasteiger partial charge < -0.3 is 10.1 Å². The second-order valence-corrected chi connectivity index (χ2v) is 5.87. The van der Waals surface area contributed by atoms with Crippen molar-refractivity contribution in [1.29, 1.82) is 0 Å². The summed E-state index contributed by atoms with van der Waals surface area (Å²) < 4.78 is 5.38. The van der Waals surface area contributed by atoms with E-state index in [1.54, 1.807) is 0 Å². The molecule has 2 aliphatic rings. The summed E-state index contributed by atoms with van der Waals surface area (Å²) in [6, 6.07) is 1.48. The van der Waals surface area contributed by atoms with Gasteiger partial charge in [-0.3, -0.25) is 4.90 Å². The first-order valence-corrected chi connectivity index (χ1v) is 7.31. The maximum absolute atomic E-state index is 5.38. The van der Waals surface area contributed by atoms with Crippen molar-refractivity contribution in [2.24, 2.45) is 5.92 Å². The van der Waals surface area contributed by atoms with Crippen LogP contribution in [-0.4, -0.2) is 49.8 Å². The molecule has 0 spiro atoms. The van der Waals surface area contributed by atoms with Crippen molar-refractivity contribution in [2.45, 2.75) is 51.6 Å². The molecule has 0 aliphatic carbocycles. The molecule has 17 heavy (non-hydrogen) atoms. The standard InChI is InChI=1S/C14H28N2O/c1-12-3-4-13(2)16(11-12)8-7-15-14-5-9-17-10-6-14/h12-15H,3-11H2,1-2H3. The van der Waals surface area contributed by atoms with Gasteiger partial charge in [0.2, 0.25) is 0 Å². The van der Waals surface area contributed by atoms with Crippen molar-refractivity contribution in [1.82, 2.24) is 10.2 Å². The molecule has 0 aromatic rings. The second kappa shape index (κ2) is 6.72. The molecule has 100 valence electrons. The minimum atomic E-state index is 0.696. The molecule has 3 heteroatoms. The van der Waals surface area contributed by atoms with Gasteiger partial charge in [0.1, 0.15) is 0 Å². The van der Waals surface area contributed by atoms with Crippen LogP contribution < -0.4 is 5.32 Å². The third-order valence-electron chi connectivity index (χ3n) is 4.30. The van der Waals surface area contributed by atoms with Crippen LogP contribution >= 0.6 is 0 Å². The second-order valence-electron chi connectivity index (χ2n) is 5.87. The van der Waals surface area contributed by atoms with Gasteiger partial charge in [0, 0.05) is 44.9 Å². The van der Waals surface area contributed by atoms with Crippen molar-refractivity contribution in [3.05, 3.63) is 0 Å². The van der Waals surface area contributed by atoms with E-state index < -0.39 is 0 Å². The highest BCUT2D eigenvalue weighted by Gasteiger charge is 2.22.